The minimum Gasteiger partial charge on any atom is -0.359 e. The predicted octanol–water partition coefficient (Wildman–Crippen LogP) is 4.35. The van der Waals surface area contributed by atoms with Gasteiger partial charge in [0.2, 0.25) is 5.78 Å². The number of ketones is 1. The molecule has 0 radical (unpaired) electrons. The number of rotatable bonds is 6. The molecule has 3 aromatic rings. The normalized spacial score (nSPS) is 11.5. The molecule has 0 aromatic heterocycles. The smallest absolute Gasteiger partial charge is 0.253 e. The summed E-state index contributed by atoms with van der Waals surface area (Å²) in [6.07, 6.45) is -0.874. The van der Waals surface area contributed by atoms with E-state index in [9.17, 15) is 9.59 Å². The lowest BCUT2D eigenvalue weighted by Gasteiger charge is -2.22. The molecule has 4 nitrogen and oxygen atoms in total. The third kappa shape index (κ3) is 4.61. The minimum atomic E-state index is -0.874. The lowest BCUT2D eigenvalue weighted by atomic mass is 10.1. The van der Waals surface area contributed by atoms with Crippen LogP contribution in [-0.2, 0) is 0 Å². The van der Waals surface area contributed by atoms with Gasteiger partial charge in [-0.05, 0) is 43.2 Å². The topological polar surface area (TPSA) is 58.2 Å². The lowest BCUT2D eigenvalue weighted by Crippen LogP contribution is -2.46. The van der Waals surface area contributed by atoms with E-state index < -0.39 is 6.17 Å². The quantitative estimate of drug-likeness (QED) is 0.509. The summed E-state index contributed by atoms with van der Waals surface area (Å²) in [5, 5.41) is 6.03. The van der Waals surface area contributed by atoms with Gasteiger partial charge in [-0.2, -0.15) is 0 Å². The fourth-order valence-electron chi connectivity index (χ4n) is 2.79. The van der Waals surface area contributed by atoms with Crippen molar-refractivity contribution >= 4 is 17.4 Å². The molecule has 1 atom stereocenters. The molecule has 0 aliphatic rings. The number of amides is 1. The Labute approximate surface area is 159 Å². The van der Waals surface area contributed by atoms with Crippen molar-refractivity contribution in [3.8, 4) is 0 Å². The van der Waals surface area contributed by atoms with Gasteiger partial charge in [0.1, 0.15) is 0 Å². The molecule has 0 saturated carbocycles. The van der Waals surface area contributed by atoms with Gasteiger partial charge in [-0.15, -0.1) is 0 Å². The van der Waals surface area contributed by atoms with E-state index >= 15 is 0 Å². The van der Waals surface area contributed by atoms with Crippen LogP contribution in [0.15, 0.2) is 78.9 Å². The summed E-state index contributed by atoms with van der Waals surface area (Å²) in [6.45, 7) is 3.95. The number of hydrogen-bond acceptors (Lipinski definition) is 3. The fourth-order valence-corrected chi connectivity index (χ4v) is 2.79. The van der Waals surface area contributed by atoms with Crippen LogP contribution in [0.3, 0.4) is 0 Å². The maximum absolute atomic E-state index is 13.0. The molecular formula is C23H22N2O2. The Bertz CT molecular complexity index is 937. The van der Waals surface area contributed by atoms with Crippen molar-refractivity contribution < 1.29 is 9.59 Å². The summed E-state index contributed by atoms with van der Waals surface area (Å²) in [5.41, 5.74) is 3.93. The first-order valence-electron chi connectivity index (χ1n) is 8.83. The van der Waals surface area contributed by atoms with E-state index in [0.29, 0.717) is 11.1 Å². The van der Waals surface area contributed by atoms with Crippen molar-refractivity contribution in [3.63, 3.8) is 0 Å². The lowest BCUT2D eigenvalue weighted by molar-refractivity contribution is 0.0869. The zero-order chi connectivity index (χ0) is 19.2. The van der Waals surface area contributed by atoms with Gasteiger partial charge in [0.25, 0.3) is 5.91 Å². The van der Waals surface area contributed by atoms with E-state index in [1.54, 1.807) is 48.5 Å². The molecular weight excluding hydrogens is 336 g/mol. The van der Waals surface area contributed by atoms with Gasteiger partial charge >= 0.3 is 0 Å². The van der Waals surface area contributed by atoms with E-state index in [-0.39, 0.29) is 11.7 Å². The molecule has 0 aliphatic heterocycles. The third-order valence-electron chi connectivity index (χ3n) is 4.32. The van der Waals surface area contributed by atoms with Crippen molar-refractivity contribution in [1.29, 1.82) is 0 Å². The summed E-state index contributed by atoms with van der Waals surface area (Å²) in [7, 11) is 0. The van der Waals surface area contributed by atoms with Crippen LogP contribution in [0.2, 0.25) is 0 Å². The molecule has 0 unspecified atom stereocenters. The first-order valence-corrected chi connectivity index (χ1v) is 8.83. The van der Waals surface area contributed by atoms with E-state index in [1.165, 1.54) is 0 Å². The van der Waals surface area contributed by atoms with Gasteiger partial charge in [-0.1, -0.05) is 60.7 Å². The molecule has 4 heteroatoms. The van der Waals surface area contributed by atoms with Crippen molar-refractivity contribution in [2.45, 2.75) is 20.0 Å². The Morgan fingerprint density at radius 3 is 2.00 bits per heavy atom. The number of aryl methyl sites for hydroxylation is 2. The van der Waals surface area contributed by atoms with Crippen LogP contribution in [0.1, 0.15) is 31.8 Å². The number of hydrogen-bond donors (Lipinski definition) is 2. The van der Waals surface area contributed by atoms with Crippen molar-refractivity contribution in [2.75, 3.05) is 5.32 Å². The van der Waals surface area contributed by atoms with Gasteiger partial charge < -0.3 is 10.6 Å². The van der Waals surface area contributed by atoms with Crippen LogP contribution in [0.4, 0.5) is 5.69 Å². The Balaban J connectivity index is 1.89. The highest BCUT2D eigenvalue weighted by Gasteiger charge is 2.23. The zero-order valence-corrected chi connectivity index (χ0v) is 15.4. The largest absolute Gasteiger partial charge is 0.359 e. The first-order chi connectivity index (χ1) is 13.0. The Morgan fingerprint density at radius 2 is 1.37 bits per heavy atom. The first kappa shape index (κ1) is 18.4. The molecule has 0 fully saturated rings. The highest BCUT2D eigenvalue weighted by atomic mass is 16.2. The molecule has 0 spiro atoms. The highest BCUT2D eigenvalue weighted by molar-refractivity contribution is 6.05. The fraction of sp³-hybridized carbons (Fsp3) is 0.130. The van der Waals surface area contributed by atoms with Crippen molar-refractivity contribution in [2.24, 2.45) is 0 Å². The Hall–Kier alpha value is -3.40. The molecule has 0 bridgehead atoms. The van der Waals surface area contributed by atoms with Crippen molar-refractivity contribution in [1.82, 2.24) is 5.32 Å². The van der Waals surface area contributed by atoms with Gasteiger partial charge in [0, 0.05) is 16.8 Å². The molecule has 136 valence electrons. The van der Waals surface area contributed by atoms with Crippen LogP contribution in [0.5, 0.6) is 0 Å². The second kappa shape index (κ2) is 8.32. The number of anilines is 1. The van der Waals surface area contributed by atoms with Crippen LogP contribution in [0.25, 0.3) is 0 Å². The summed E-state index contributed by atoms with van der Waals surface area (Å²) >= 11 is 0. The molecule has 0 saturated heterocycles. The molecule has 0 heterocycles. The standard InChI is InChI=1S/C23H22N2O2/c1-16-13-14-17(2)20(15-16)24-22(21(26)18-9-5-3-6-10-18)25-23(27)19-11-7-4-8-12-19/h3-15,22,24H,1-2H3,(H,25,27)/t22-/m0/s1. The van der Waals surface area contributed by atoms with E-state index in [4.69, 9.17) is 0 Å². The highest BCUT2D eigenvalue weighted by Crippen LogP contribution is 2.18. The monoisotopic (exact) mass is 358 g/mol. The van der Waals surface area contributed by atoms with Crippen molar-refractivity contribution in [3.05, 3.63) is 101 Å². The second-order valence-electron chi connectivity index (χ2n) is 6.47. The third-order valence-corrected chi connectivity index (χ3v) is 4.32. The summed E-state index contributed by atoms with van der Waals surface area (Å²) in [5.74, 6) is -0.497. The van der Waals surface area contributed by atoms with Crippen LogP contribution in [-0.4, -0.2) is 17.9 Å². The number of nitrogens with one attached hydrogen (secondary N) is 2. The Morgan fingerprint density at radius 1 is 0.778 bits per heavy atom. The molecule has 1 amide bonds. The SMILES string of the molecule is Cc1ccc(C)c(N[C@@H](NC(=O)c2ccccc2)C(=O)c2ccccc2)c1. The predicted molar refractivity (Wildman–Crippen MR) is 108 cm³/mol. The van der Waals surface area contributed by atoms with Crippen LogP contribution < -0.4 is 10.6 Å². The average Bonchev–Trinajstić information content (AvgIpc) is 2.71. The average molecular weight is 358 g/mol. The minimum absolute atomic E-state index is 0.194. The van der Waals surface area contributed by atoms with Gasteiger partial charge in [0.05, 0.1) is 0 Å². The van der Waals surface area contributed by atoms with Gasteiger partial charge in [-0.3, -0.25) is 9.59 Å². The molecule has 0 aliphatic carbocycles. The number of carbonyl (C=O) groups excluding carboxylic acids is 2. The zero-order valence-electron chi connectivity index (χ0n) is 15.4. The van der Waals surface area contributed by atoms with E-state index in [0.717, 1.165) is 16.8 Å². The molecule has 3 rings (SSSR count). The number of benzene rings is 3. The molecule has 3 aromatic carbocycles. The summed E-state index contributed by atoms with van der Waals surface area (Å²) in [4.78, 5) is 25.7. The number of Topliss-reactive ketones (excluding diaryl/α,β-unsaturated/α-hetero) is 1. The number of carbonyl (C=O) groups is 2. The molecule has 27 heavy (non-hydrogen) atoms. The summed E-state index contributed by atoms with van der Waals surface area (Å²) in [6, 6.07) is 23.8. The second-order valence-corrected chi connectivity index (χ2v) is 6.47. The van der Waals surface area contributed by atoms with Crippen LogP contribution in [0, 0.1) is 13.8 Å². The maximum Gasteiger partial charge on any atom is 0.253 e. The van der Waals surface area contributed by atoms with Crippen LogP contribution >= 0.6 is 0 Å². The Kier molecular flexibility index (Phi) is 5.67. The van der Waals surface area contributed by atoms with E-state index in [1.807, 2.05) is 44.2 Å². The van der Waals surface area contributed by atoms with E-state index in [2.05, 4.69) is 10.6 Å². The maximum atomic E-state index is 13.0. The summed E-state index contributed by atoms with van der Waals surface area (Å²) < 4.78 is 0. The van der Waals surface area contributed by atoms with Gasteiger partial charge in [-0.25, -0.2) is 0 Å². The van der Waals surface area contributed by atoms with Gasteiger partial charge in [0.15, 0.2) is 6.17 Å². The molecule has 2 N–H and O–H groups in total.